The van der Waals surface area contributed by atoms with E-state index in [-0.39, 0.29) is 18.5 Å². The van der Waals surface area contributed by atoms with E-state index in [2.05, 4.69) is 0 Å². The monoisotopic (exact) mass is 327 g/mol. The standard InChI is InChI=1S/C15H18ClNO3S/c16-11-3-7-13(8-4-11)21-9-1-2-14(18)17(10-15(19)20)12-5-6-12/h3-4,7-8,12H,1-2,5-6,9-10H2,(H,19,20). The quantitative estimate of drug-likeness (QED) is 0.588. The summed E-state index contributed by atoms with van der Waals surface area (Å²) < 4.78 is 0. The van der Waals surface area contributed by atoms with E-state index in [1.54, 1.807) is 11.8 Å². The van der Waals surface area contributed by atoms with Gasteiger partial charge >= 0.3 is 5.97 Å². The van der Waals surface area contributed by atoms with Crippen LogP contribution in [0, 0.1) is 0 Å². The van der Waals surface area contributed by atoms with Gasteiger partial charge in [0.15, 0.2) is 0 Å². The number of halogens is 1. The highest BCUT2D eigenvalue weighted by Gasteiger charge is 2.33. The largest absolute Gasteiger partial charge is 0.480 e. The summed E-state index contributed by atoms with van der Waals surface area (Å²) in [6.45, 7) is -0.173. The number of hydrogen-bond acceptors (Lipinski definition) is 3. The van der Waals surface area contributed by atoms with Crippen LogP contribution in [0.5, 0.6) is 0 Å². The lowest BCUT2D eigenvalue weighted by Gasteiger charge is -2.20. The molecule has 1 aromatic carbocycles. The van der Waals surface area contributed by atoms with E-state index in [1.807, 2.05) is 24.3 Å². The topological polar surface area (TPSA) is 57.6 Å². The minimum Gasteiger partial charge on any atom is -0.480 e. The zero-order chi connectivity index (χ0) is 15.2. The normalized spacial score (nSPS) is 14.0. The maximum absolute atomic E-state index is 12.1. The van der Waals surface area contributed by atoms with Crippen molar-refractivity contribution in [2.24, 2.45) is 0 Å². The van der Waals surface area contributed by atoms with Crippen LogP contribution in [0.3, 0.4) is 0 Å². The maximum atomic E-state index is 12.1. The summed E-state index contributed by atoms with van der Waals surface area (Å²) in [6, 6.07) is 7.75. The number of aliphatic carboxylic acids is 1. The predicted octanol–water partition coefficient (Wildman–Crippen LogP) is 3.29. The fourth-order valence-electron chi connectivity index (χ4n) is 2.04. The number of carboxylic acids is 1. The maximum Gasteiger partial charge on any atom is 0.323 e. The average molecular weight is 328 g/mol. The van der Waals surface area contributed by atoms with Crippen molar-refractivity contribution in [1.82, 2.24) is 4.90 Å². The van der Waals surface area contributed by atoms with Crippen LogP contribution in [-0.2, 0) is 9.59 Å². The average Bonchev–Trinajstić information content (AvgIpc) is 3.27. The molecule has 0 saturated heterocycles. The van der Waals surface area contributed by atoms with Gasteiger partial charge < -0.3 is 10.0 Å². The van der Waals surface area contributed by atoms with E-state index in [0.717, 1.165) is 29.9 Å². The highest BCUT2D eigenvalue weighted by molar-refractivity contribution is 7.99. The molecule has 0 bridgehead atoms. The Balaban J connectivity index is 1.70. The van der Waals surface area contributed by atoms with Crippen molar-refractivity contribution in [3.63, 3.8) is 0 Å². The molecule has 0 spiro atoms. The molecular formula is C15H18ClNO3S. The van der Waals surface area contributed by atoms with Gasteiger partial charge in [-0.25, -0.2) is 0 Å². The molecule has 0 radical (unpaired) electrons. The van der Waals surface area contributed by atoms with Crippen LogP contribution >= 0.6 is 23.4 Å². The van der Waals surface area contributed by atoms with Gasteiger partial charge in [0.2, 0.25) is 5.91 Å². The van der Waals surface area contributed by atoms with E-state index < -0.39 is 5.97 Å². The van der Waals surface area contributed by atoms with Crippen LogP contribution in [0.4, 0.5) is 0 Å². The van der Waals surface area contributed by atoms with Crippen LogP contribution in [0.15, 0.2) is 29.2 Å². The lowest BCUT2D eigenvalue weighted by Crippen LogP contribution is -2.37. The number of carbonyl (C=O) groups is 2. The smallest absolute Gasteiger partial charge is 0.323 e. The number of hydrogen-bond donors (Lipinski definition) is 1. The molecule has 1 N–H and O–H groups in total. The molecule has 1 aliphatic rings. The molecule has 1 aliphatic carbocycles. The van der Waals surface area contributed by atoms with Gasteiger partial charge in [0.25, 0.3) is 0 Å². The molecule has 114 valence electrons. The van der Waals surface area contributed by atoms with Gasteiger partial charge in [0.1, 0.15) is 6.54 Å². The molecule has 2 rings (SSSR count). The molecular weight excluding hydrogens is 310 g/mol. The number of rotatable bonds is 8. The van der Waals surface area contributed by atoms with Gasteiger partial charge in [-0.15, -0.1) is 11.8 Å². The Bertz CT molecular complexity index is 502. The van der Waals surface area contributed by atoms with Crippen molar-refractivity contribution in [2.75, 3.05) is 12.3 Å². The van der Waals surface area contributed by atoms with Crippen molar-refractivity contribution in [1.29, 1.82) is 0 Å². The summed E-state index contributed by atoms with van der Waals surface area (Å²) in [4.78, 5) is 25.5. The number of thioether (sulfide) groups is 1. The number of nitrogens with zero attached hydrogens (tertiary/aromatic N) is 1. The molecule has 1 amide bonds. The second-order valence-electron chi connectivity index (χ2n) is 5.05. The Kier molecular flexibility index (Phi) is 5.94. The fourth-order valence-corrected chi connectivity index (χ4v) is 3.02. The van der Waals surface area contributed by atoms with Crippen molar-refractivity contribution in [3.8, 4) is 0 Å². The van der Waals surface area contributed by atoms with Crippen LogP contribution < -0.4 is 0 Å². The summed E-state index contributed by atoms with van der Waals surface area (Å²) in [5.41, 5.74) is 0. The van der Waals surface area contributed by atoms with Crippen LogP contribution in [0.25, 0.3) is 0 Å². The van der Waals surface area contributed by atoms with E-state index >= 15 is 0 Å². The van der Waals surface area contributed by atoms with Crippen molar-refractivity contribution in [3.05, 3.63) is 29.3 Å². The second-order valence-corrected chi connectivity index (χ2v) is 6.66. The molecule has 1 aromatic rings. The zero-order valence-corrected chi connectivity index (χ0v) is 13.2. The van der Waals surface area contributed by atoms with E-state index in [0.29, 0.717) is 11.4 Å². The number of amides is 1. The third-order valence-corrected chi connectivity index (χ3v) is 4.58. The zero-order valence-electron chi connectivity index (χ0n) is 11.6. The minimum absolute atomic E-state index is 0.0448. The minimum atomic E-state index is -0.939. The van der Waals surface area contributed by atoms with Crippen LogP contribution in [-0.4, -0.2) is 40.2 Å². The van der Waals surface area contributed by atoms with Crippen molar-refractivity contribution in [2.45, 2.75) is 36.6 Å². The second kappa shape index (κ2) is 7.71. The molecule has 0 heterocycles. The number of carboxylic acid groups (broad SMARTS) is 1. The Morgan fingerprint density at radius 1 is 1.29 bits per heavy atom. The van der Waals surface area contributed by atoms with Crippen LogP contribution in [0.1, 0.15) is 25.7 Å². The molecule has 1 saturated carbocycles. The fraction of sp³-hybridized carbons (Fsp3) is 0.467. The SMILES string of the molecule is O=C(O)CN(C(=O)CCCSc1ccc(Cl)cc1)C1CC1. The van der Waals surface area contributed by atoms with Gasteiger partial charge in [-0.3, -0.25) is 9.59 Å². The Morgan fingerprint density at radius 3 is 2.52 bits per heavy atom. The lowest BCUT2D eigenvalue weighted by atomic mass is 10.3. The highest BCUT2D eigenvalue weighted by atomic mass is 35.5. The Labute approximate surface area is 133 Å². The van der Waals surface area contributed by atoms with Crippen molar-refractivity contribution >= 4 is 35.2 Å². The predicted molar refractivity (Wildman–Crippen MR) is 83.8 cm³/mol. The van der Waals surface area contributed by atoms with Crippen LogP contribution in [0.2, 0.25) is 5.02 Å². The van der Waals surface area contributed by atoms with Gasteiger partial charge in [-0.1, -0.05) is 11.6 Å². The summed E-state index contributed by atoms with van der Waals surface area (Å²) in [7, 11) is 0. The van der Waals surface area contributed by atoms with Crippen molar-refractivity contribution < 1.29 is 14.7 Å². The summed E-state index contributed by atoms with van der Waals surface area (Å²) in [6.07, 6.45) is 3.01. The molecule has 6 heteroatoms. The van der Waals surface area contributed by atoms with Gasteiger partial charge in [-0.05, 0) is 49.3 Å². The first-order chi connectivity index (χ1) is 10.1. The van der Waals surface area contributed by atoms with E-state index in [9.17, 15) is 9.59 Å². The Morgan fingerprint density at radius 2 is 1.95 bits per heavy atom. The molecule has 21 heavy (non-hydrogen) atoms. The third kappa shape index (κ3) is 5.59. The Hall–Kier alpha value is -1.20. The highest BCUT2D eigenvalue weighted by Crippen LogP contribution is 2.28. The first kappa shape index (κ1) is 16.2. The molecule has 0 aromatic heterocycles. The molecule has 0 aliphatic heterocycles. The van der Waals surface area contributed by atoms with Gasteiger partial charge in [0, 0.05) is 22.4 Å². The first-order valence-electron chi connectivity index (χ1n) is 6.96. The summed E-state index contributed by atoms with van der Waals surface area (Å²) in [5.74, 6) is -0.152. The molecule has 4 nitrogen and oxygen atoms in total. The summed E-state index contributed by atoms with van der Waals surface area (Å²) in [5, 5.41) is 9.55. The molecule has 0 atom stereocenters. The van der Waals surface area contributed by atoms with Gasteiger partial charge in [-0.2, -0.15) is 0 Å². The van der Waals surface area contributed by atoms with E-state index in [4.69, 9.17) is 16.7 Å². The summed E-state index contributed by atoms with van der Waals surface area (Å²) >= 11 is 7.49. The molecule has 0 unspecified atom stereocenters. The molecule has 1 fully saturated rings. The number of carbonyl (C=O) groups excluding carboxylic acids is 1. The first-order valence-corrected chi connectivity index (χ1v) is 8.32. The number of benzene rings is 1. The van der Waals surface area contributed by atoms with E-state index in [1.165, 1.54) is 4.90 Å². The van der Waals surface area contributed by atoms with Gasteiger partial charge in [0.05, 0.1) is 0 Å². The third-order valence-electron chi connectivity index (χ3n) is 3.23. The lowest BCUT2D eigenvalue weighted by molar-refractivity contribution is -0.144.